The van der Waals surface area contributed by atoms with E-state index in [1.807, 2.05) is 48.7 Å². The monoisotopic (exact) mass is 241 g/mol. The summed E-state index contributed by atoms with van der Waals surface area (Å²) in [5.74, 6) is 0. The normalized spacial score (nSPS) is 10.9. The molecule has 3 rings (SSSR count). The minimum absolute atomic E-state index is 0.0223. The van der Waals surface area contributed by atoms with Crippen LogP contribution in [-0.4, -0.2) is 4.98 Å². The fraction of sp³-hybridized carbons (Fsp3) is 0.0714. The highest BCUT2D eigenvalue weighted by Gasteiger charge is 2.04. The van der Waals surface area contributed by atoms with Gasteiger partial charge in [-0.15, -0.1) is 11.3 Å². The molecule has 0 spiro atoms. The number of hydrogen-bond donors (Lipinski definition) is 1. The van der Waals surface area contributed by atoms with Crippen molar-refractivity contribution in [3.63, 3.8) is 0 Å². The van der Waals surface area contributed by atoms with Gasteiger partial charge in [0, 0.05) is 5.39 Å². The summed E-state index contributed by atoms with van der Waals surface area (Å²) in [6, 6.07) is 11.9. The van der Waals surface area contributed by atoms with E-state index in [0.29, 0.717) is 0 Å². The van der Waals surface area contributed by atoms with Crippen molar-refractivity contribution in [1.82, 2.24) is 4.98 Å². The lowest BCUT2D eigenvalue weighted by molar-refractivity contribution is 1.28. The molecular weight excluding hydrogens is 230 g/mol. The Morgan fingerprint density at radius 1 is 1.18 bits per heavy atom. The van der Waals surface area contributed by atoms with E-state index in [1.165, 1.54) is 5.56 Å². The van der Waals surface area contributed by atoms with Crippen LogP contribution in [0, 0.1) is 6.92 Å². The number of aromatic amines is 1. The molecule has 0 bridgehead atoms. The molecule has 2 heterocycles. The van der Waals surface area contributed by atoms with Crippen molar-refractivity contribution in [1.29, 1.82) is 0 Å². The number of thiophene rings is 1. The maximum atomic E-state index is 12.0. The molecule has 1 aromatic carbocycles. The Hall–Kier alpha value is -1.87. The van der Waals surface area contributed by atoms with Gasteiger partial charge in [-0.3, -0.25) is 4.79 Å². The molecule has 1 N–H and O–H groups in total. The molecule has 0 fully saturated rings. The lowest BCUT2D eigenvalue weighted by Gasteiger charge is -2.02. The van der Waals surface area contributed by atoms with Gasteiger partial charge in [-0.2, -0.15) is 0 Å². The molecule has 0 atom stereocenters. The second kappa shape index (κ2) is 3.86. The van der Waals surface area contributed by atoms with Crippen LogP contribution in [0.1, 0.15) is 5.56 Å². The minimum atomic E-state index is -0.0223. The van der Waals surface area contributed by atoms with Gasteiger partial charge in [0.1, 0.15) is 0 Å². The number of rotatable bonds is 1. The molecule has 84 valence electrons. The second-order valence-electron chi connectivity index (χ2n) is 4.08. The third-order valence-corrected chi connectivity index (χ3v) is 3.69. The average Bonchev–Trinajstić information content (AvgIpc) is 2.81. The fourth-order valence-electron chi connectivity index (χ4n) is 1.95. The number of benzene rings is 1. The van der Waals surface area contributed by atoms with Gasteiger partial charge in [0.05, 0.1) is 10.6 Å². The summed E-state index contributed by atoms with van der Waals surface area (Å²) in [6.07, 6.45) is 0. The zero-order valence-electron chi connectivity index (χ0n) is 9.36. The molecule has 0 amide bonds. The second-order valence-corrected chi connectivity index (χ2v) is 5.03. The molecule has 17 heavy (non-hydrogen) atoms. The first-order chi connectivity index (χ1) is 8.24. The molecule has 0 aliphatic rings. The highest BCUT2D eigenvalue weighted by atomic mass is 32.1. The third-order valence-electron chi connectivity index (χ3n) is 2.79. The summed E-state index contributed by atoms with van der Waals surface area (Å²) in [6.45, 7) is 2.03. The number of hydrogen-bond acceptors (Lipinski definition) is 2. The lowest BCUT2D eigenvalue weighted by atomic mass is 10.1. The van der Waals surface area contributed by atoms with E-state index in [2.05, 4.69) is 4.98 Å². The molecule has 0 aliphatic carbocycles. The first-order valence-corrected chi connectivity index (χ1v) is 6.29. The number of aryl methyl sites for hydroxylation is 1. The molecule has 0 unspecified atom stereocenters. The smallest absolute Gasteiger partial charge is 0.256 e. The summed E-state index contributed by atoms with van der Waals surface area (Å²) >= 11 is 1.63. The maximum absolute atomic E-state index is 12.0. The highest BCUT2D eigenvalue weighted by Crippen LogP contribution is 2.24. The van der Waals surface area contributed by atoms with Crippen LogP contribution in [0.4, 0.5) is 0 Å². The van der Waals surface area contributed by atoms with E-state index in [0.717, 1.165) is 21.3 Å². The van der Waals surface area contributed by atoms with Gasteiger partial charge in [-0.05, 0) is 35.9 Å². The molecule has 0 saturated carbocycles. The van der Waals surface area contributed by atoms with Gasteiger partial charge < -0.3 is 4.98 Å². The average molecular weight is 241 g/mol. The Morgan fingerprint density at radius 3 is 2.82 bits per heavy atom. The fourth-order valence-corrected chi connectivity index (χ4v) is 2.65. The predicted molar refractivity (Wildman–Crippen MR) is 72.6 cm³/mol. The molecule has 0 aliphatic heterocycles. The van der Waals surface area contributed by atoms with E-state index in [1.54, 1.807) is 11.3 Å². The standard InChI is InChI=1S/C14H11NOS/c1-9-4-5-11-10(7-9)8-12(15-14(11)16)13-3-2-6-17-13/h2-8H,1H3,(H,15,16). The van der Waals surface area contributed by atoms with Crippen LogP contribution in [0.25, 0.3) is 21.3 Å². The van der Waals surface area contributed by atoms with Crippen molar-refractivity contribution in [3.8, 4) is 10.6 Å². The number of nitrogens with one attached hydrogen (secondary N) is 1. The van der Waals surface area contributed by atoms with Crippen LogP contribution in [0.3, 0.4) is 0 Å². The summed E-state index contributed by atoms with van der Waals surface area (Å²) in [5, 5.41) is 3.75. The van der Waals surface area contributed by atoms with Crippen molar-refractivity contribution in [2.45, 2.75) is 6.92 Å². The van der Waals surface area contributed by atoms with Crippen LogP contribution in [0.15, 0.2) is 46.6 Å². The van der Waals surface area contributed by atoms with E-state index >= 15 is 0 Å². The summed E-state index contributed by atoms with van der Waals surface area (Å²) in [7, 11) is 0. The SMILES string of the molecule is Cc1ccc2c(=O)[nH]c(-c3cccs3)cc2c1. The Balaban J connectivity index is 2.33. The Labute approximate surface area is 103 Å². The number of pyridine rings is 1. The van der Waals surface area contributed by atoms with Crippen LogP contribution in [-0.2, 0) is 0 Å². The molecule has 3 aromatic rings. The van der Waals surface area contributed by atoms with E-state index < -0.39 is 0 Å². The Morgan fingerprint density at radius 2 is 2.06 bits per heavy atom. The topological polar surface area (TPSA) is 32.9 Å². The summed E-state index contributed by atoms with van der Waals surface area (Å²) in [4.78, 5) is 16.0. The van der Waals surface area contributed by atoms with Gasteiger partial charge in [0.25, 0.3) is 5.56 Å². The molecule has 3 heteroatoms. The molecule has 0 radical (unpaired) electrons. The largest absolute Gasteiger partial charge is 0.321 e. The zero-order chi connectivity index (χ0) is 11.8. The quantitative estimate of drug-likeness (QED) is 0.694. The highest BCUT2D eigenvalue weighted by molar-refractivity contribution is 7.13. The van der Waals surface area contributed by atoms with Crippen molar-refractivity contribution in [3.05, 3.63) is 57.7 Å². The first kappa shape index (κ1) is 10.3. The van der Waals surface area contributed by atoms with Gasteiger partial charge in [0.2, 0.25) is 0 Å². The molecule has 2 aromatic heterocycles. The van der Waals surface area contributed by atoms with Gasteiger partial charge in [-0.1, -0.05) is 23.8 Å². The summed E-state index contributed by atoms with van der Waals surface area (Å²) in [5.41, 5.74) is 2.04. The van der Waals surface area contributed by atoms with Gasteiger partial charge in [-0.25, -0.2) is 0 Å². The van der Waals surface area contributed by atoms with Crippen molar-refractivity contribution < 1.29 is 0 Å². The zero-order valence-corrected chi connectivity index (χ0v) is 10.2. The van der Waals surface area contributed by atoms with Gasteiger partial charge in [0.15, 0.2) is 0 Å². The minimum Gasteiger partial charge on any atom is -0.321 e. The Kier molecular flexibility index (Phi) is 2.34. The van der Waals surface area contributed by atoms with Crippen LogP contribution >= 0.6 is 11.3 Å². The van der Waals surface area contributed by atoms with Crippen LogP contribution in [0.5, 0.6) is 0 Å². The third kappa shape index (κ3) is 1.78. The van der Waals surface area contributed by atoms with Crippen LogP contribution in [0.2, 0.25) is 0 Å². The van der Waals surface area contributed by atoms with E-state index in [9.17, 15) is 4.79 Å². The number of fused-ring (bicyclic) bond motifs is 1. The number of H-pyrrole nitrogens is 1. The van der Waals surface area contributed by atoms with Crippen LogP contribution < -0.4 is 5.56 Å². The molecular formula is C14H11NOS. The number of aromatic nitrogens is 1. The Bertz CT molecular complexity index is 726. The van der Waals surface area contributed by atoms with E-state index in [4.69, 9.17) is 0 Å². The van der Waals surface area contributed by atoms with Gasteiger partial charge >= 0.3 is 0 Å². The molecule has 2 nitrogen and oxygen atoms in total. The predicted octanol–water partition coefficient (Wildman–Crippen LogP) is 3.57. The van der Waals surface area contributed by atoms with Crippen molar-refractivity contribution in [2.24, 2.45) is 0 Å². The lowest BCUT2D eigenvalue weighted by Crippen LogP contribution is -2.06. The van der Waals surface area contributed by atoms with Crippen molar-refractivity contribution >= 4 is 22.1 Å². The molecule has 0 saturated heterocycles. The van der Waals surface area contributed by atoms with Crippen molar-refractivity contribution in [2.75, 3.05) is 0 Å². The van der Waals surface area contributed by atoms with E-state index in [-0.39, 0.29) is 5.56 Å². The first-order valence-electron chi connectivity index (χ1n) is 5.41. The summed E-state index contributed by atoms with van der Waals surface area (Å²) < 4.78 is 0. The maximum Gasteiger partial charge on any atom is 0.256 e.